The van der Waals surface area contributed by atoms with Gasteiger partial charge in [-0.15, -0.1) is 0 Å². The van der Waals surface area contributed by atoms with E-state index in [1.165, 1.54) is 0 Å². The summed E-state index contributed by atoms with van der Waals surface area (Å²) in [6.45, 7) is 2.40. The smallest absolute Gasteiger partial charge is 0.329 e. The maximum absolute atomic E-state index is 12.5. The molecular formula is C14H23NO4. The van der Waals surface area contributed by atoms with Gasteiger partial charge in [-0.3, -0.25) is 4.79 Å². The van der Waals surface area contributed by atoms with Crippen LogP contribution in [0.25, 0.3) is 0 Å². The molecule has 1 unspecified atom stereocenters. The summed E-state index contributed by atoms with van der Waals surface area (Å²) in [5.74, 6) is -0.941. The van der Waals surface area contributed by atoms with Gasteiger partial charge in [-0.25, -0.2) is 4.79 Å². The summed E-state index contributed by atoms with van der Waals surface area (Å²) in [7, 11) is 1.64. The average molecular weight is 269 g/mol. The second kappa shape index (κ2) is 5.12. The van der Waals surface area contributed by atoms with Gasteiger partial charge in [0.05, 0.1) is 12.0 Å². The zero-order chi connectivity index (χ0) is 14.1. The van der Waals surface area contributed by atoms with E-state index in [0.29, 0.717) is 25.8 Å². The van der Waals surface area contributed by atoms with Crippen molar-refractivity contribution >= 4 is 11.9 Å². The summed E-state index contributed by atoms with van der Waals surface area (Å²) >= 11 is 0. The molecule has 1 aliphatic carbocycles. The molecule has 1 saturated carbocycles. The number of nitrogens with zero attached hydrogens (tertiary/aromatic N) is 1. The van der Waals surface area contributed by atoms with E-state index >= 15 is 0 Å². The highest BCUT2D eigenvalue weighted by atomic mass is 16.5. The Kier molecular flexibility index (Phi) is 3.85. The number of likely N-dealkylation sites (tertiary alicyclic amines) is 1. The Hall–Kier alpha value is -1.10. The molecule has 0 radical (unpaired) electrons. The lowest BCUT2D eigenvalue weighted by Crippen LogP contribution is -2.55. The number of carbonyl (C=O) groups excluding carboxylic acids is 1. The van der Waals surface area contributed by atoms with E-state index in [-0.39, 0.29) is 11.5 Å². The maximum Gasteiger partial charge on any atom is 0.329 e. The van der Waals surface area contributed by atoms with Crippen LogP contribution in [0.5, 0.6) is 0 Å². The average Bonchev–Trinajstić information content (AvgIpc) is 2.78. The first-order valence-electron chi connectivity index (χ1n) is 7.09. The first-order valence-corrected chi connectivity index (χ1v) is 7.09. The van der Waals surface area contributed by atoms with Gasteiger partial charge in [0.25, 0.3) is 0 Å². The van der Waals surface area contributed by atoms with Crippen LogP contribution in [0, 0.1) is 0 Å². The van der Waals surface area contributed by atoms with Gasteiger partial charge in [0.2, 0.25) is 5.91 Å². The van der Waals surface area contributed by atoms with E-state index in [1.807, 2.05) is 6.92 Å². The van der Waals surface area contributed by atoms with Gasteiger partial charge in [-0.2, -0.15) is 0 Å². The third kappa shape index (κ3) is 2.24. The number of aliphatic carboxylic acids is 1. The molecule has 0 aromatic carbocycles. The second-order valence-electron chi connectivity index (χ2n) is 5.76. The van der Waals surface area contributed by atoms with E-state index in [2.05, 4.69) is 0 Å². The molecule has 5 heteroatoms. The van der Waals surface area contributed by atoms with Crippen molar-refractivity contribution in [3.8, 4) is 0 Å². The molecule has 2 rings (SSSR count). The van der Waals surface area contributed by atoms with Gasteiger partial charge >= 0.3 is 5.97 Å². The van der Waals surface area contributed by atoms with Crippen molar-refractivity contribution in [2.45, 2.75) is 63.0 Å². The predicted molar refractivity (Wildman–Crippen MR) is 69.8 cm³/mol. The van der Waals surface area contributed by atoms with Crippen molar-refractivity contribution in [3.05, 3.63) is 0 Å². The highest BCUT2D eigenvalue weighted by Crippen LogP contribution is 2.40. The molecule has 1 heterocycles. The number of hydrogen-bond acceptors (Lipinski definition) is 3. The molecule has 0 bridgehead atoms. The molecule has 1 amide bonds. The van der Waals surface area contributed by atoms with Crippen molar-refractivity contribution in [1.82, 2.24) is 4.90 Å². The van der Waals surface area contributed by atoms with Gasteiger partial charge < -0.3 is 14.7 Å². The lowest BCUT2D eigenvalue weighted by molar-refractivity contribution is -0.161. The van der Waals surface area contributed by atoms with E-state index < -0.39 is 11.5 Å². The van der Waals surface area contributed by atoms with Crippen LogP contribution in [0.3, 0.4) is 0 Å². The van der Waals surface area contributed by atoms with Crippen LogP contribution in [0.1, 0.15) is 51.9 Å². The lowest BCUT2D eigenvalue weighted by Gasteiger charge is -2.42. The first kappa shape index (κ1) is 14.3. The van der Waals surface area contributed by atoms with Crippen molar-refractivity contribution in [2.24, 2.45) is 0 Å². The number of carboxylic acid groups (broad SMARTS) is 1. The minimum absolute atomic E-state index is 0.0664. The number of carboxylic acids is 1. The van der Waals surface area contributed by atoms with Gasteiger partial charge in [-0.1, -0.05) is 6.92 Å². The van der Waals surface area contributed by atoms with Crippen molar-refractivity contribution in [1.29, 1.82) is 0 Å². The van der Waals surface area contributed by atoms with Gasteiger partial charge in [0, 0.05) is 13.7 Å². The van der Waals surface area contributed by atoms with Crippen molar-refractivity contribution in [3.63, 3.8) is 0 Å². The Morgan fingerprint density at radius 2 is 1.95 bits per heavy atom. The zero-order valence-electron chi connectivity index (χ0n) is 11.8. The summed E-state index contributed by atoms with van der Waals surface area (Å²) in [4.78, 5) is 25.6. The predicted octanol–water partition coefficient (Wildman–Crippen LogP) is 1.80. The van der Waals surface area contributed by atoms with E-state index in [9.17, 15) is 14.7 Å². The Bertz CT molecular complexity index is 372. The summed E-state index contributed by atoms with van der Waals surface area (Å²) in [6, 6.07) is 0. The minimum atomic E-state index is -0.990. The third-order valence-electron chi connectivity index (χ3n) is 4.94. The molecule has 19 heavy (non-hydrogen) atoms. The van der Waals surface area contributed by atoms with Gasteiger partial charge in [-0.05, 0) is 38.5 Å². The molecule has 1 aliphatic heterocycles. The standard InChI is InChI=1S/C14H23NO4/c1-3-14(12(17)18)8-5-9-15(14)11(16)10-13(19-2)6-4-7-13/h3-10H2,1-2H3,(H,17,18). The summed E-state index contributed by atoms with van der Waals surface area (Å²) in [5.41, 5.74) is -1.33. The number of ether oxygens (including phenoxy) is 1. The molecule has 0 aromatic rings. The number of hydrogen-bond donors (Lipinski definition) is 1. The third-order valence-corrected chi connectivity index (χ3v) is 4.94. The Balaban J connectivity index is 2.11. The SMILES string of the molecule is CCC1(C(=O)O)CCCN1C(=O)CC1(OC)CCC1. The molecule has 5 nitrogen and oxygen atoms in total. The summed E-state index contributed by atoms with van der Waals surface area (Å²) in [5, 5.41) is 9.48. The molecule has 1 atom stereocenters. The molecular weight excluding hydrogens is 246 g/mol. The number of amides is 1. The van der Waals surface area contributed by atoms with Gasteiger partial charge in [0.15, 0.2) is 0 Å². The quantitative estimate of drug-likeness (QED) is 0.826. The molecule has 0 spiro atoms. The van der Waals surface area contributed by atoms with Crippen LogP contribution >= 0.6 is 0 Å². The fourth-order valence-electron chi connectivity index (χ4n) is 3.38. The highest BCUT2D eigenvalue weighted by molar-refractivity contribution is 5.88. The first-order chi connectivity index (χ1) is 8.99. The van der Waals surface area contributed by atoms with Crippen LogP contribution in [0.15, 0.2) is 0 Å². The fraction of sp³-hybridized carbons (Fsp3) is 0.857. The van der Waals surface area contributed by atoms with Crippen LogP contribution in [-0.2, 0) is 14.3 Å². The van der Waals surface area contributed by atoms with Crippen LogP contribution in [-0.4, -0.2) is 46.7 Å². The molecule has 1 saturated heterocycles. The Labute approximate surface area is 113 Å². The number of methoxy groups -OCH3 is 1. The highest BCUT2D eigenvalue weighted by Gasteiger charge is 2.50. The van der Waals surface area contributed by atoms with Crippen LogP contribution in [0.4, 0.5) is 0 Å². The summed E-state index contributed by atoms with van der Waals surface area (Å²) < 4.78 is 5.47. The number of carbonyl (C=O) groups is 2. The Morgan fingerprint density at radius 1 is 1.26 bits per heavy atom. The molecule has 0 aromatic heterocycles. The monoisotopic (exact) mass is 269 g/mol. The normalized spacial score (nSPS) is 29.1. The van der Waals surface area contributed by atoms with E-state index in [4.69, 9.17) is 4.74 Å². The van der Waals surface area contributed by atoms with E-state index in [0.717, 1.165) is 25.7 Å². The molecule has 1 N–H and O–H groups in total. The van der Waals surface area contributed by atoms with Crippen LogP contribution < -0.4 is 0 Å². The second-order valence-corrected chi connectivity index (χ2v) is 5.76. The molecule has 2 aliphatic rings. The topological polar surface area (TPSA) is 66.8 Å². The number of rotatable bonds is 5. The van der Waals surface area contributed by atoms with Crippen molar-refractivity contribution < 1.29 is 19.4 Å². The van der Waals surface area contributed by atoms with Crippen LogP contribution in [0.2, 0.25) is 0 Å². The zero-order valence-corrected chi connectivity index (χ0v) is 11.8. The lowest BCUT2D eigenvalue weighted by atomic mass is 9.77. The van der Waals surface area contributed by atoms with E-state index in [1.54, 1.807) is 12.0 Å². The largest absolute Gasteiger partial charge is 0.479 e. The molecule has 2 fully saturated rings. The summed E-state index contributed by atoms with van der Waals surface area (Å²) in [6.07, 6.45) is 4.99. The Morgan fingerprint density at radius 3 is 2.37 bits per heavy atom. The van der Waals surface area contributed by atoms with Crippen molar-refractivity contribution in [2.75, 3.05) is 13.7 Å². The minimum Gasteiger partial charge on any atom is -0.479 e. The molecule has 108 valence electrons. The maximum atomic E-state index is 12.5. The fourth-order valence-corrected chi connectivity index (χ4v) is 3.38. The van der Waals surface area contributed by atoms with Gasteiger partial charge in [0.1, 0.15) is 5.54 Å².